The second-order valence-corrected chi connectivity index (χ2v) is 8.16. The van der Waals surface area contributed by atoms with Gasteiger partial charge in [0.15, 0.2) is 0 Å². The zero-order valence-corrected chi connectivity index (χ0v) is 17.3. The van der Waals surface area contributed by atoms with Gasteiger partial charge in [0.05, 0.1) is 18.8 Å². The SMILES string of the molecule is Nc1ncc(-c2ccc(CN3CCOCC3)cc2)cc1C(=O)N1CCC(CO)CC1. The van der Waals surface area contributed by atoms with Gasteiger partial charge in [0.1, 0.15) is 5.82 Å². The molecule has 0 atom stereocenters. The standard InChI is InChI=1S/C23H30N4O3/c24-22-21(23(29)27-7-5-18(16-28)6-8-27)13-20(14-25-22)19-3-1-17(2-4-19)15-26-9-11-30-12-10-26/h1-4,13-14,18,28H,5-12,15-16H2,(H2,24,25). The van der Waals surface area contributed by atoms with Crippen molar-refractivity contribution in [1.29, 1.82) is 0 Å². The summed E-state index contributed by atoms with van der Waals surface area (Å²) in [6, 6.07) is 10.2. The number of rotatable bonds is 5. The maximum atomic E-state index is 13.0. The van der Waals surface area contributed by atoms with E-state index in [9.17, 15) is 9.90 Å². The van der Waals surface area contributed by atoms with Crippen molar-refractivity contribution >= 4 is 11.7 Å². The van der Waals surface area contributed by atoms with Gasteiger partial charge in [-0.2, -0.15) is 0 Å². The van der Waals surface area contributed by atoms with Crippen molar-refractivity contribution in [2.45, 2.75) is 19.4 Å². The highest BCUT2D eigenvalue weighted by Gasteiger charge is 2.25. The molecule has 1 amide bonds. The molecule has 2 fully saturated rings. The summed E-state index contributed by atoms with van der Waals surface area (Å²) < 4.78 is 5.41. The minimum atomic E-state index is -0.0813. The first-order valence-corrected chi connectivity index (χ1v) is 10.7. The number of aliphatic hydroxyl groups excluding tert-OH is 1. The third-order valence-corrected chi connectivity index (χ3v) is 6.11. The third-order valence-electron chi connectivity index (χ3n) is 6.11. The fraction of sp³-hybridized carbons (Fsp3) is 0.478. The van der Waals surface area contributed by atoms with Gasteiger partial charge in [0.25, 0.3) is 5.91 Å². The number of morpholine rings is 1. The Bertz CT molecular complexity index is 857. The Labute approximate surface area is 177 Å². The number of nitrogen functional groups attached to an aromatic ring is 1. The predicted molar refractivity (Wildman–Crippen MR) is 116 cm³/mol. The molecule has 2 saturated heterocycles. The number of anilines is 1. The fourth-order valence-electron chi connectivity index (χ4n) is 4.11. The number of hydrogen-bond acceptors (Lipinski definition) is 6. The average molecular weight is 411 g/mol. The largest absolute Gasteiger partial charge is 0.396 e. The molecular formula is C23H30N4O3. The van der Waals surface area contributed by atoms with E-state index in [1.165, 1.54) is 5.56 Å². The molecular weight excluding hydrogens is 380 g/mol. The Morgan fingerprint density at radius 3 is 2.47 bits per heavy atom. The lowest BCUT2D eigenvalue weighted by Crippen LogP contribution is -2.39. The number of hydrogen-bond donors (Lipinski definition) is 2. The van der Waals surface area contributed by atoms with Crippen LogP contribution in [0.3, 0.4) is 0 Å². The van der Waals surface area contributed by atoms with Crippen LogP contribution in [-0.4, -0.2) is 71.8 Å². The summed E-state index contributed by atoms with van der Waals surface area (Å²) in [6.45, 7) is 5.90. The number of likely N-dealkylation sites (tertiary alicyclic amines) is 1. The Kier molecular flexibility index (Phi) is 6.62. The molecule has 3 N–H and O–H groups in total. The average Bonchev–Trinajstić information content (AvgIpc) is 2.80. The van der Waals surface area contributed by atoms with Crippen LogP contribution in [0.2, 0.25) is 0 Å². The highest BCUT2D eigenvalue weighted by Crippen LogP contribution is 2.25. The number of carbonyl (C=O) groups excluding carboxylic acids is 1. The maximum Gasteiger partial charge on any atom is 0.257 e. The number of amides is 1. The summed E-state index contributed by atoms with van der Waals surface area (Å²) >= 11 is 0. The molecule has 0 unspecified atom stereocenters. The number of aromatic nitrogens is 1. The van der Waals surface area contributed by atoms with Crippen LogP contribution >= 0.6 is 0 Å². The second-order valence-electron chi connectivity index (χ2n) is 8.16. The van der Waals surface area contributed by atoms with Crippen molar-refractivity contribution in [3.8, 4) is 11.1 Å². The molecule has 3 heterocycles. The molecule has 160 valence electrons. The Hall–Kier alpha value is -2.48. The number of aliphatic hydroxyl groups is 1. The molecule has 2 aliphatic heterocycles. The number of piperidine rings is 1. The fourth-order valence-corrected chi connectivity index (χ4v) is 4.11. The normalized spacial score (nSPS) is 18.5. The van der Waals surface area contributed by atoms with Crippen LogP contribution in [0.25, 0.3) is 11.1 Å². The predicted octanol–water partition coefficient (Wildman–Crippen LogP) is 2.01. The van der Waals surface area contributed by atoms with Gasteiger partial charge in [0.2, 0.25) is 0 Å². The zero-order valence-electron chi connectivity index (χ0n) is 17.3. The molecule has 0 spiro atoms. The van der Waals surface area contributed by atoms with Crippen molar-refractivity contribution in [2.24, 2.45) is 5.92 Å². The number of ether oxygens (including phenoxy) is 1. The molecule has 0 saturated carbocycles. The van der Waals surface area contributed by atoms with E-state index < -0.39 is 0 Å². The van der Waals surface area contributed by atoms with Crippen LogP contribution in [0.15, 0.2) is 36.5 Å². The molecule has 30 heavy (non-hydrogen) atoms. The van der Waals surface area contributed by atoms with Gasteiger partial charge in [-0.3, -0.25) is 9.69 Å². The summed E-state index contributed by atoms with van der Waals surface area (Å²) in [7, 11) is 0. The molecule has 2 aromatic rings. The van der Waals surface area contributed by atoms with Crippen LogP contribution in [0, 0.1) is 5.92 Å². The van der Waals surface area contributed by atoms with Gasteiger partial charge in [0, 0.05) is 51.1 Å². The van der Waals surface area contributed by atoms with Gasteiger partial charge in [-0.15, -0.1) is 0 Å². The van der Waals surface area contributed by atoms with Gasteiger partial charge in [-0.1, -0.05) is 24.3 Å². The first kappa shape index (κ1) is 20.8. The molecule has 1 aromatic heterocycles. The lowest BCUT2D eigenvalue weighted by atomic mass is 9.97. The van der Waals surface area contributed by atoms with Crippen LogP contribution in [0.4, 0.5) is 5.82 Å². The Morgan fingerprint density at radius 2 is 1.80 bits per heavy atom. The Morgan fingerprint density at radius 1 is 1.10 bits per heavy atom. The molecule has 2 aliphatic rings. The highest BCUT2D eigenvalue weighted by atomic mass is 16.5. The molecule has 0 bridgehead atoms. The minimum Gasteiger partial charge on any atom is -0.396 e. The summed E-state index contributed by atoms with van der Waals surface area (Å²) in [4.78, 5) is 21.5. The van der Waals surface area contributed by atoms with E-state index in [1.807, 2.05) is 11.0 Å². The zero-order chi connectivity index (χ0) is 20.9. The van der Waals surface area contributed by atoms with E-state index in [-0.39, 0.29) is 24.2 Å². The second kappa shape index (κ2) is 9.55. The number of pyridine rings is 1. The minimum absolute atomic E-state index is 0.0813. The van der Waals surface area contributed by atoms with Crippen LogP contribution in [0.1, 0.15) is 28.8 Å². The highest BCUT2D eigenvalue weighted by molar-refractivity contribution is 5.99. The first-order chi connectivity index (χ1) is 14.6. The number of nitrogens with two attached hydrogens (primary N) is 1. The van der Waals surface area contributed by atoms with E-state index >= 15 is 0 Å². The quantitative estimate of drug-likeness (QED) is 0.783. The molecule has 0 aliphatic carbocycles. The molecule has 7 nitrogen and oxygen atoms in total. The van der Waals surface area contributed by atoms with E-state index in [4.69, 9.17) is 10.5 Å². The molecule has 0 radical (unpaired) electrons. The van der Waals surface area contributed by atoms with Gasteiger partial charge >= 0.3 is 0 Å². The number of nitrogens with zero attached hydrogens (tertiary/aromatic N) is 3. The van der Waals surface area contributed by atoms with Crippen LogP contribution in [-0.2, 0) is 11.3 Å². The molecule has 1 aromatic carbocycles. The van der Waals surface area contributed by atoms with Crippen molar-refractivity contribution in [3.05, 3.63) is 47.7 Å². The summed E-state index contributed by atoms with van der Waals surface area (Å²) in [5.74, 6) is 0.464. The van der Waals surface area contributed by atoms with E-state index in [1.54, 1.807) is 6.20 Å². The first-order valence-electron chi connectivity index (χ1n) is 10.7. The van der Waals surface area contributed by atoms with Crippen molar-refractivity contribution in [3.63, 3.8) is 0 Å². The molecule has 7 heteroatoms. The monoisotopic (exact) mass is 410 g/mol. The summed E-state index contributed by atoms with van der Waals surface area (Å²) in [5, 5.41) is 9.31. The summed E-state index contributed by atoms with van der Waals surface area (Å²) in [6.07, 6.45) is 3.36. The van der Waals surface area contributed by atoms with Crippen LogP contribution < -0.4 is 5.73 Å². The van der Waals surface area contributed by atoms with Gasteiger partial charge in [-0.05, 0) is 36.0 Å². The third kappa shape index (κ3) is 4.80. The maximum absolute atomic E-state index is 13.0. The van der Waals surface area contributed by atoms with Gasteiger partial charge < -0.3 is 20.5 Å². The van der Waals surface area contributed by atoms with Gasteiger partial charge in [-0.25, -0.2) is 4.98 Å². The van der Waals surface area contributed by atoms with Crippen molar-refractivity contribution < 1.29 is 14.6 Å². The van der Waals surface area contributed by atoms with E-state index in [0.717, 1.165) is 56.8 Å². The Balaban J connectivity index is 1.46. The van der Waals surface area contributed by atoms with E-state index in [0.29, 0.717) is 18.7 Å². The topological polar surface area (TPSA) is 91.9 Å². The number of benzene rings is 1. The lowest BCUT2D eigenvalue weighted by Gasteiger charge is -2.31. The van der Waals surface area contributed by atoms with Crippen molar-refractivity contribution in [2.75, 3.05) is 51.7 Å². The lowest BCUT2D eigenvalue weighted by molar-refractivity contribution is 0.0342. The van der Waals surface area contributed by atoms with E-state index in [2.05, 4.69) is 34.1 Å². The van der Waals surface area contributed by atoms with Crippen molar-refractivity contribution in [1.82, 2.24) is 14.8 Å². The van der Waals surface area contributed by atoms with Crippen LogP contribution in [0.5, 0.6) is 0 Å². The number of carbonyl (C=O) groups is 1. The summed E-state index contributed by atoms with van der Waals surface area (Å²) in [5.41, 5.74) is 9.65. The molecule has 4 rings (SSSR count). The smallest absolute Gasteiger partial charge is 0.257 e.